The Morgan fingerprint density at radius 2 is 1.33 bits per heavy atom. The van der Waals surface area contributed by atoms with E-state index in [1.165, 1.54) is 20.8 Å². The van der Waals surface area contributed by atoms with Gasteiger partial charge in [0.05, 0.1) is 0 Å². The first kappa shape index (κ1) is 10.8. The van der Waals surface area contributed by atoms with Crippen LogP contribution in [0.15, 0.2) is 12.2 Å². The molecule has 0 atom stereocenters. The summed E-state index contributed by atoms with van der Waals surface area (Å²) >= 11 is 0. The van der Waals surface area contributed by atoms with Crippen LogP contribution in [-0.2, 0) is 14.4 Å². The van der Waals surface area contributed by atoms with E-state index in [1.807, 2.05) is 0 Å². The number of hydrogen-bond acceptors (Lipinski definition) is 3. The Labute approximate surface area is 71.5 Å². The van der Waals surface area contributed by atoms with Crippen LogP contribution in [0.25, 0.3) is 0 Å². The molecule has 3 nitrogen and oxygen atoms in total. The molecule has 0 radical (unpaired) electrons. The molecule has 0 aromatic carbocycles. The monoisotopic (exact) mass is 168 g/mol. The summed E-state index contributed by atoms with van der Waals surface area (Å²) < 4.78 is 0. The summed E-state index contributed by atoms with van der Waals surface area (Å²) in [6.45, 7) is 7.33. The molecule has 0 aliphatic carbocycles. The van der Waals surface area contributed by atoms with E-state index in [0.29, 0.717) is 0 Å². The van der Waals surface area contributed by atoms with Gasteiger partial charge in [0, 0.05) is 0 Å². The maximum atomic E-state index is 11.2. The maximum Gasteiger partial charge on any atom is 0.175 e. The molecule has 0 aliphatic rings. The zero-order valence-corrected chi connectivity index (χ0v) is 7.51. The van der Waals surface area contributed by atoms with E-state index < -0.39 is 23.3 Å². The van der Waals surface area contributed by atoms with Crippen molar-refractivity contribution in [3.05, 3.63) is 12.2 Å². The molecular weight excluding hydrogens is 156 g/mol. The predicted octanol–water partition coefficient (Wildman–Crippen LogP) is 0.926. The van der Waals surface area contributed by atoms with Gasteiger partial charge in [0.1, 0.15) is 17.5 Å². The van der Waals surface area contributed by atoms with Crippen molar-refractivity contribution in [1.29, 1.82) is 0 Å². The highest BCUT2D eigenvalue weighted by Gasteiger charge is 2.27. The lowest BCUT2D eigenvalue weighted by atomic mass is 9.92. The maximum absolute atomic E-state index is 11.2. The van der Waals surface area contributed by atoms with Crippen LogP contribution in [0, 0.1) is 5.92 Å². The highest BCUT2D eigenvalue weighted by atomic mass is 16.2. The number of hydrogen-bond donors (Lipinski definition) is 0. The number of carbonyl (C=O) groups excluding carboxylic acids is 3. The molecule has 0 heterocycles. The third-order valence-electron chi connectivity index (χ3n) is 1.50. The van der Waals surface area contributed by atoms with Gasteiger partial charge in [-0.2, -0.15) is 0 Å². The van der Waals surface area contributed by atoms with Crippen molar-refractivity contribution in [2.24, 2.45) is 5.92 Å². The second-order valence-corrected chi connectivity index (χ2v) is 2.80. The molecule has 0 bridgehead atoms. The summed E-state index contributed by atoms with van der Waals surface area (Å²) in [5, 5.41) is 0. The normalized spacial score (nSPS) is 9.67. The van der Waals surface area contributed by atoms with Crippen molar-refractivity contribution in [2.75, 3.05) is 0 Å². The van der Waals surface area contributed by atoms with Crippen LogP contribution in [0.1, 0.15) is 20.8 Å². The zero-order valence-electron chi connectivity index (χ0n) is 7.51. The molecule has 0 unspecified atom stereocenters. The van der Waals surface area contributed by atoms with Gasteiger partial charge in [0.15, 0.2) is 5.78 Å². The van der Waals surface area contributed by atoms with E-state index in [1.54, 1.807) is 0 Å². The summed E-state index contributed by atoms with van der Waals surface area (Å²) in [4.78, 5) is 32.9. The SMILES string of the molecule is C=C(C)C(=O)C(C(C)=O)C(C)=O. The summed E-state index contributed by atoms with van der Waals surface area (Å²) in [5.41, 5.74) is 0.241. The fourth-order valence-corrected chi connectivity index (χ4v) is 0.902. The molecular formula is C9H12O3. The second kappa shape index (κ2) is 3.95. The molecule has 0 saturated carbocycles. The van der Waals surface area contributed by atoms with Crippen molar-refractivity contribution in [3.8, 4) is 0 Å². The summed E-state index contributed by atoms with van der Waals surface area (Å²) in [5.74, 6) is -2.46. The lowest BCUT2D eigenvalue weighted by Crippen LogP contribution is -2.28. The molecule has 0 amide bonds. The lowest BCUT2D eigenvalue weighted by molar-refractivity contribution is -0.136. The average Bonchev–Trinajstić information content (AvgIpc) is 1.85. The third-order valence-corrected chi connectivity index (χ3v) is 1.50. The van der Waals surface area contributed by atoms with E-state index in [2.05, 4.69) is 6.58 Å². The molecule has 66 valence electrons. The Morgan fingerprint density at radius 3 is 1.42 bits per heavy atom. The molecule has 0 aromatic heterocycles. The lowest BCUT2D eigenvalue weighted by Gasteiger charge is -2.07. The first-order chi connectivity index (χ1) is 5.37. The van der Waals surface area contributed by atoms with Crippen molar-refractivity contribution >= 4 is 17.3 Å². The minimum Gasteiger partial charge on any atom is -0.299 e. The third kappa shape index (κ3) is 2.42. The minimum atomic E-state index is -1.14. The number of rotatable bonds is 4. The van der Waals surface area contributed by atoms with Crippen molar-refractivity contribution < 1.29 is 14.4 Å². The van der Waals surface area contributed by atoms with Crippen LogP contribution in [0.2, 0.25) is 0 Å². The van der Waals surface area contributed by atoms with E-state index in [-0.39, 0.29) is 5.57 Å². The fraction of sp³-hybridized carbons (Fsp3) is 0.444. The molecule has 0 aromatic rings. The Kier molecular flexibility index (Phi) is 3.54. The van der Waals surface area contributed by atoms with Crippen LogP contribution < -0.4 is 0 Å². The minimum absolute atomic E-state index is 0.241. The molecule has 3 heteroatoms. The molecule has 0 spiro atoms. The first-order valence-electron chi connectivity index (χ1n) is 3.58. The Hall–Kier alpha value is -1.25. The number of Topliss-reactive ketones (excluding diaryl/α,β-unsaturated/α-hetero) is 3. The number of allylic oxidation sites excluding steroid dienone is 1. The summed E-state index contributed by atoms with van der Waals surface area (Å²) in [7, 11) is 0. The van der Waals surface area contributed by atoms with Gasteiger partial charge in [-0.3, -0.25) is 14.4 Å². The molecule has 0 aliphatic heterocycles. The van der Waals surface area contributed by atoms with Gasteiger partial charge in [0.25, 0.3) is 0 Å². The van der Waals surface area contributed by atoms with Gasteiger partial charge < -0.3 is 0 Å². The predicted molar refractivity (Wildman–Crippen MR) is 44.7 cm³/mol. The van der Waals surface area contributed by atoms with Crippen molar-refractivity contribution in [2.45, 2.75) is 20.8 Å². The zero-order chi connectivity index (χ0) is 9.89. The van der Waals surface area contributed by atoms with Crippen LogP contribution in [0.4, 0.5) is 0 Å². The Morgan fingerprint density at radius 1 is 1.00 bits per heavy atom. The fourth-order valence-electron chi connectivity index (χ4n) is 0.902. The van der Waals surface area contributed by atoms with Crippen LogP contribution in [0.3, 0.4) is 0 Å². The Bertz CT molecular complexity index is 236. The smallest absolute Gasteiger partial charge is 0.175 e. The highest BCUT2D eigenvalue weighted by Crippen LogP contribution is 2.07. The first-order valence-corrected chi connectivity index (χ1v) is 3.58. The van der Waals surface area contributed by atoms with Crippen LogP contribution in [-0.4, -0.2) is 17.3 Å². The van der Waals surface area contributed by atoms with Gasteiger partial charge >= 0.3 is 0 Å². The number of carbonyl (C=O) groups is 3. The molecule has 12 heavy (non-hydrogen) atoms. The topological polar surface area (TPSA) is 51.2 Å². The van der Waals surface area contributed by atoms with Gasteiger partial charge in [-0.25, -0.2) is 0 Å². The molecule has 0 rings (SSSR count). The summed E-state index contributed by atoms with van der Waals surface area (Å²) in [6, 6.07) is 0. The van der Waals surface area contributed by atoms with E-state index in [9.17, 15) is 14.4 Å². The largest absolute Gasteiger partial charge is 0.299 e. The van der Waals surface area contributed by atoms with Gasteiger partial charge in [-0.1, -0.05) is 6.58 Å². The molecule has 0 fully saturated rings. The molecule has 0 N–H and O–H groups in total. The van der Waals surface area contributed by atoms with Crippen LogP contribution in [0.5, 0.6) is 0 Å². The van der Waals surface area contributed by atoms with Crippen LogP contribution >= 0.6 is 0 Å². The van der Waals surface area contributed by atoms with E-state index >= 15 is 0 Å². The quantitative estimate of drug-likeness (QED) is 0.463. The van der Waals surface area contributed by atoms with E-state index in [0.717, 1.165) is 0 Å². The number of ketones is 3. The standard InChI is InChI=1S/C9H12O3/c1-5(2)9(12)8(6(3)10)7(4)11/h8H,1H2,2-4H3. The Balaban J connectivity index is 4.76. The van der Waals surface area contributed by atoms with E-state index in [4.69, 9.17) is 0 Å². The second-order valence-electron chi connectivity index (χ2n) is 2.80. The van der Waals surface area contributed by atoms with Gasteiger partial charge in [-0.05, 0) is 26.3 Å². The van der Waals surface area contributed by atoms with Gasteiger partial charge in [-0.15, -0.1) is 0 Å². The van der Waals surface area contributed by atoms with Gasteiger partial charge in [0.2, 0.25) is 0 Å². The van der Waals surface area contributed by atoms with Crippen molar-refractivity contribution in [3.63, 3.8) is 0 Å². The molecule has 0 saturated heterocycles. The highest BCUT2D eigenvalue weighted by molar-refractivity contribution is 6.22. The average molecular weight is 168 g/mol. The van der Waals surface area contributed by atoms with Crippen molar-refractivity contribution in [1.82, 2.24) is 0 Å². The summed E-state index contributed by atoms with van der Waals surface area (Å²) in [6.07, 6.45) is 0.